The molecule has 82 valence electrons. The molecule has 0 unspecified atom stereocenters. The van der Waals surface area contributed by atoms with Crippen molar-refractivity contribution in [3.63, 3.8) is 0 Å². The van der Waals surface area contributed by atoms with Gasteiger partial charge in [-0.05, 0) is 26.0 Å². The molecule has 0 atom stereocenters. The Labute approximate surface area is 86.7 Å². The van der Waals surface area contributed by atoms with Gasteiger partial charge in [-0.1, -0.05) is 11.8 Å². The van der Waals surface area contributed by atoms with E-state index >= 15 is 0 Å². The zero-order valence-electron chi connectivity index (χ0n) is 8.41. The van der Waals surface area contributed by atoms with E-state index in [4.69, 9.17) is 4.74 Å². The highest BCUT2D eigenvalue weighted by Gasteiger charge is 2.05. The summed E-state index contributed by atoms with van der Waals surface area (Å²) in [6.45, 7) is 3.39. The SMILES string of the molecule is CC(C)OC(=O)Nc1ccc([O-])c(F)c1. The van der Waals surface area contributed by atoms with Crippen LogP contribution in [0.2, 0.25) is 0 Å². The van der Waals surface area contributed by atoms with E-state index in [-0.39, 0.29) is 11.8 Å². The minimum absolute atomic E-state index is 0.192. The topological polar surface area (TPSA) is 61.4 Å². The van der Waals surface area contributed by atoms with Crippen LogP contribution in [-0.2, 0) is 4.74 Å². The van der Waals surface area contributed by atoms with Gasteiger partial charge in [-0.3, -0.25) is 5.32 Å². The summed E-state index contributed by atoms with van der Waals surface area (Å²) < 4.78 is 17.6. The molecule has 0 aliphatic rings. The van der Waals surface area contributed by atoms with Gasteiger partial charge in [-0.2, -0.15) is 0 Å². The van der Waals surface area contributed by atoms with Gasteiger partial charge >= 0.3 is 6.09 Å². The normalized spacial score (nSPS) is 10.1. The third kappa shape index (κ3) is 3.46. The zero-order valence-corrected chi connectivity index (χ0v) is 8.41. The maximum atomic E-state index is 12.8. The molecule has 0 fully saturated rings. The molecule has 15 heavy (non-hydrogen) atoms. The Morgan fingerprint density at radius 3 is 2.73 bits per heavy atom. The number of rotatable bonds is 2. The number of hydrogen-bond donors (Lipinski definition) is 1. The van der Waals surface area contributed by atoms with Gasteiger partial charge in [0.05, 0.1) is 6.10 Å². The number of hydrogen-bond acceptors (Lipinski definition) is 3. The van der Waals surface area contributed by atoms with Crippen LogP contribution in [0.1, 0.15) is 13.8 Å². The van der Waals surface area contributed by atoms with Crippen LogP contribution in [0.5, 0.6) is 5.75 Å². The van der Waals surface area contributed by atoms with Crippen LogP contribution in [0.25, 0.3) is 0 Å². The molecule has 0 aliphatic heterocycles. The predicted octanol–water partition coefficient (Wildman–Crippen LogP) is 1.86. The van der Waals surface area contributed by atoms with Crippen LogP contribution in [-0.4, -0.2) is 12.2 Å². The predicted molar refractivity (Wildman–Crippen MR) is 51.1 cm³/mol. The minimum atomic E-state index is -0.905. The van der Waals surface area contributed by atoms with Gasteiger partial charge in [0.1, 0.15) is 5.82 Å². The van der Waals surface area contributed by atoms with Gasteiger partial charge in [0.25, 0.3) is 0 Å². The second-order valence-corrected chi connectivity index (χ2v) is 3.22. The van der Waals surface area contributed by atoms with E-state index in [9.17, 15) is 14.3 Å². The van der Waals surface area contributed by atoms with E-state index in [1.54, 1.807) is 13.8 Å². The van der Waals surface area contributed by atoms with E-state index < -0.39 is 17.7 Å². The summed E-state index contributed by atoms with van der Waals surface area (Å²) in [6, 6.07) is 3.30. The van der Waals surface area contributed by atoms with Gasteiger partial charge in [0, 0.05) is 5.69 Å². The molecule has 5 heteroatoms. The number of ether oxygens (including phenoxy) is 1. The molecule has 0 aliphatic carbocycles. The maximum absolute atomic E-state index is 12.8. The number of benzene rings is 1. The Morgan fingerprint density at radius 2 is 2.20 bits per heavy atom. The van der Waals surface area contributed by atoms with Crippen molar-refractivity contribution in [1.82, 2.24) is 0 Å². The van der Waals surface area contributed by atoms with Crippen LogP contribution < -0.4 is 10.4 Å². The second-order valence-electron chi connectivity index (χ2n) is 3.22. The molecule has 0 heterocycles. The lowest BCUT2D eigenvalue weighted by molar-refractivity contribution is -0.272. The van der Waals surface area contributed by atoms with Gasteiger partial charge in [0.15, 0.2) is 0 Å². The van der Waals surface area contributed by atoms with Crippen molar-refractivity contribution in [1.29, 1.82) is 0 Å². The van der Waals surface area contributed by atoms with Crippen LogP contribution in [0.3, 0.4) is 0 Å². The van der Waals surface area contributed by atoms with Gasteiger partial charge in [-0.15, -0.1) is 0 Å². The first-order valence-corrected chi connectivity index (χ1v) is 4.43. The van der Waals surface area contributed by atoms with E-state index in [0.717, 1.165) is 12.1 Å². The van der Waals surface area contributed by atoms with Crippen molar-refractivity contribution in [2.24, 2.45) is 0 Å². The lowest BCUT2D eigenvalue weighted by Gasteiger charge is -2.11. The molecule has 4 nitrogen and oxygen atoms in total. The standard InChI is InChI=1S/C10H12FNO3/c1-6(2)15-10(14)12-7-3-4-9(13)8(11)5-7/h3-6,13H,1-2H3,(H,12,14)/p-1. The fourth-order valence-electron chi connectivity index (χ4n) is 0.940. The molecule has 0 saturated carbocycles. The first kappa shape index (κ1) is 11.3. The molecule has 0 saturated heterocycles. The molecule has 0 spiro atoms. The average molecular weight is 212 g/mol. The summed E-state index contributed by atoms with van der Waals surface area (Å²) in [6.07, 6.45) is -0.934. The molecule has 1 aromatic rings. The van der Waals surface area contributed by atoms with Crippen molar-refractivity contribution in [3.8, 4) is 5.75 Å². The summed E-state index contributed by atoms with van der Waals surface area (Å²) >= 11 is 0. The van der Waals surface area contributed by atoms with Crippen molar-refractivity contribution in [3.05, 3.63) is 24.0 Å². The zero-order chi connectivity index (χ0) is 11.4. The number of nitrogens with one attached hydrogen (secondary N) is 1. The van der Waals surface area contributed by atoms with Crippen LogP contribution in [0.15, 0.2) is 18.2 Å². The second kappa shape index (κ2) is 4.63. The molecule has 0 radical (unpaired) electrons. The van der Waals surface area contributed by atoms with Crippen LogP contribution in [0.4, 0.5) is 14.9 Å². The molecule has 0 bridgehead atoms. The van der Waals surface area contributed by atoms with Crippen molar-refractivity contribution >= 4 is 11.8 Å². The van der Waals surface area contributed by atoms with Gasteiger partial charge < -0.3 is 9.84 Å². The Bertz CT molecular complexity index is 366. The van der Waals surface area contributed by atoms with Gasteiger partial charge in [0.2, 0.25) is 0 Å². The van der Waals surface area contributed by atoms with Crippen LogP contribution in [0, 0.1) is 5.82 Å². The van der Waals surface area contributed by atoms with E-state index in [2.05, 4.69) is 5.32 Å². The summed E-state index contributed by atoms with van der Waals surface area (Å²) in [5.41, 5.74) is 0.192. The third-order valence-corrected chi connectivity index (χ3v) is 1.52. The molecule has 1 aromatic carbocycles. The third-order valence-electron chi connectivity index (χ3n) is 1.52. The number of anilines is 1. The van der Waals surface area contributed by atoms with Crippen molar-refractivity contribution < 1.29 is 19.0 Å². The summed E-state index contributed by atoms with van der Waals surface area (Å²) in [7, 11) is 0. The van der Waals surface area contributed by atoms with E-state index in [1.165, 1.54) is 6.07 Å². The first-order chi connectivity index (χ1) is 6.99. The summed E-state index contributed by atoms with van der Waals surface area (Å²) in [5.74, 6) is -1.62. The summed E-state index contributed by atoms with van der Waals surface area (Å²) in [5, 5.41) is 13.0. The highest BCUT2D eigenvalue weighted by Crippen LogP contribution is 2.17. The highest BCUT2D eigenvalue weighted by atomic mass is 19.1. The highest BCUT2D eigenvalue weighted by molar-refractivity contribution is 5.84. The summed E-state index contributed by atoms with van der Waals surface area (Å²) in [4.78, 5) is 11.1. The quantitative estimate of drug-likeness (QED) is 0.813. The fourth-order valence-corrected chi connectivity index (χ4v) is 0.940. The Morgan fingerprint density at radius 1 is 1.53 bits per heavy atom. The lowest BCUT2D eigenvalue weighted by atomic mass is 10.3. The Balaban J connectivity index is 2.65. The number of halogens is 1. The molecular weight excluding hydrogens is 201 g/mol. The minimum Gasteiger partial charge on any atom is -0.870 e. The molecule has 1 N–H and O–H groups in total. The van der Waals surface area contributed by atoms with E-state index in [1.807, 2.05) is 0 Å². The van der Waals surface area contributed by atoms with Crippen molar-refractivity contribution in [2.45, 2.75) is 20.0 Å². The van der Waals surface area contributed by atoms with Gasteiger partial charge in [-0.25, -0.2) is 9.18 Å². The van der Waals surface area contributed by atoms with Crippen molar-refractivity contribution in [2.75, 3.05) is 5.32 Å². The maximum Gasteiger partial charge on any atom is 0.411 e. The Hall–Kier alpha value is -1.78. The molecular formula is C10H11FNO3-. The number of carbonyl (C=O) groups excluding carboxylic acids is 1. The number of amides is 1. The number of carbonyl (C=O) groups is 1. The lowest BCUT2D eigenvalue weighted by Crippen LogP contribution is -2.18. The smallest absolute Gasteiger partial charge is 0.411 e. The largest absolute Gasteiger partial charge is 0.870 e. The molecule has 0 aromatic heterocycles. The molecule has 1 amide bonds. The monoisotopic (exact) mass is 212 g/mol. The molecule has 1 rings (SSSR count). The Kier molecular flexibility index (Phi) is 3.49. The van der Waals surface area contributed by atoms with E-state index in [0.29, 0.717) is 0 Å². The fraction of sp³-hybridized carbons (Fsp3) is 0.300. The first-order valence-electron chi connectivity index (χ1n) is 4.43. The average Bonchev–Trinajstić information content (AvgIpc) is 2.10. The van der Waals surface area contributed by atoms with Crippen LogP contribution >= 0.6 is 0 Å².